The molecule has 0 aliphatic rings. The van der Waals surface area contributed by atoms with E-state index in [9.17, 15) is 0 Å². The molecule has 4 nitrogen and oxygen atoms in total. The van der Waals surface area contributed by atoms with Crippen LogP contribution in [-0.4, -0.2) is 20.9 Å². The summed E-state index contributed by atoms with van der Waals surface area (Å²) < 4.78 is 0. The van der Waals surface area contributed by atoms with Crippen molar-refractivity contribution < 1.29 is 0 Å². The second kappa shape index (κ2) is 4.26. The summed E-state index contributed by atoms with van der Waals surface area (Å²) in [6, 6.07) is 1.96. The zero-order chi connectivity index (χ0) is 11.5. The normalized spacial score (nSPS) is 12.0. The third-order valence-corrected chi connectivity index (χ3v) is 2.46. The molecular formula is C12H14N4. The molecule has 4 heteroatoms. The molecule has 2 heterocycles. The molecule has 0 amide bonds. The lowest BCUT2D eigenvalue weighted by Gasteiger charge is -2.06. The molecule has 0 saturated carbocycles. The summed E-state index contributed by atoms with van der Waals surface area (Å²) in [4.78, 5) is 3.02. The van der Waals surface area contributed by atoms with Crippen molar-refractivity contribution in [3.05, 3.63) is 30.1 Å². The molecule has 2 N–H and O–H groups in total. The van der Waals surface area contributed by atoms with Crippen LogP contribution in [0.15, 0.2) is 24.5 Å². The molecule has 0 bridgehead atoms. The minimum atomic E-state index is 0.553. The maximum atomic E-state index is 7.79. The maximum Gasteiger partial charge on any atom is 0.160 e. The van der Waals surface area contributed by atoms with Crippen LogP contribution in [0.1, 0.15) is 25.8 Å². The topological polar surface area (TPSA) is 65.4 Å². The van der Waals surface area contributed by atoms with Gasteiger partial charge in [0.2, 0.25) is 0 Å². The number of rotatable bonds is 3. The van der Waals surface area contributed by atoms with Crippen molar-refractivity contribution >= 4 is 22.3 Å². The first kappa shape index (κ1) is 10.5. The summed E-state index contributed by atoms with van der Waals surface area (Å²) in [6.07, 6.45) is 6.51. The Labute approximate surface area is 93.9 Å². The van der Waals surface area contributed by atoms with Gasteiger partial charge in [0.25, 0.3) is 0 Å². The molecule has 16 heavy (non-hydrogen) atoms. The summed E-state index contributed by atoms with van der Waals surface area (Å²) in [7, 11) is 0. The molecule has 0 aliphatic heterocycles. The van der Waals surface area contributed by atoms with Gasteiger partial charge in [-0.2, -0.15) is 5.10 Å². The molecule has 0 atom stereocenters. The Morgan fingerprint density at radius 1 is 1.56 bits per heavy atom. The average Bonchev–Trinajstić information content (AvgIpc) is 2.73. The number of allylic oxidation sites excluding steroid dienone is 2. The van der Waals surface area contributed by atoms with Gasteiger partial charge in [-0.15, -0.1) is 5.10 Å². The quantitative estimate of drug-likeness (QED) is 0.771. The number of hydrogen-bond acceptors (Lipinski definition) is 3. The van der Waals surface area contributed by atoms with Crippen molar-refractivity contribution in [2.24, 2.45) is 0 Å². The van der Waals surface area contributed by atoms with E-state index < -0.39 is 0 Å². The lowest BCUT2D eigenvalue weighted by molar-refractivity contribution is 1.05. The predicted molar refractivity (Wildman–Crippen MR) is 65.6 cm³/mol. The highest BCUT2D eigenvalue weighted by Gasteiger charge is 2.09. The number of fused-ring (bicyclic) bond motifs is 1. The van der Waals surface area contributed by atoms with Crippen LogP contribution in [0.25, 0.3) is 16.6 Å². The molecule has 0 fully saturated rings. The van der Waals surface area contributed by atoms with E-state index in [0.29, 0.717) is 5.71 Å². The maximum absolute atomic E-state index is 7.79. The summed E-state index contributed by atoms with van der Waals surface area (Å²) in [6.45, 7) is 3.85. The van der Waals surface area contributed by atoms with E-state index in [1.165, 1.54) is 0 Å². The van der Waals surface area contributed by atoms with Crippen LogP contribution in [0.3, 0.4) is 0 Å². The van der Waals surface area contributed by atoms with Crippen molar-refractivity contribution in [3.8, 4) is 0 Å². The van der Waals surface area contributed by atoms with Gasteiger partial charge in [-0.25, -0.2) is 0 Å². The van der Waals surface area contributed by atoms with E-state index >= 15 is 0 Å². The molecule has 0 aromatic carbocycles. The number of nitrogens with one attached hydrogen (secondary N) is 2. The van der Waals surface area contributed by atoms with Crippen molar-refractivity contribution in [1.82, 2.24) is 15.2 Å². The van der Waals surface area contributed by atoms with E-state index in [1.807, 2.05) is 18.3 Å². The zero-order valence-corrected chi connectivity index (χ0v) is 9.41. The fourth-order valence-electron chi connectivity index (χ4n) is 1.76. The third kappa shape index (κ3) is 1.74. The van der Waals surface area contributed by atoms with E-state index in [2.05, 4.69) is 22.1 Å². The van der Waals surface area contributed by atoms with Gasteiger partial charge >= 0.3 is 0 Å². The Hall–Kier alpha value is -1.97. The fraction of sp³-hybridized carbons (Fsp3) is 0.250. The molecule has 0 saturated heterocycles. The highest BCUT2D eigenvalue weighted by Crippen LogP contribution is 2.23. The van der Waals surface area contributed by atoms with Gasteiger partial charge in [-0.05, 0) is 19.4 Å². The van der Waals surface area contributed by atoms with Crippen LogP contribution >= 0.6 is 0 Å². The number of H-pyrrole nitrogens is 1. The van der Waals surface area contributed by atoms with Crippen LogP contribution in [0.2, 0.25) is 0 Å². The Bertz CT molecular complexity index is 551. The smallest absolute Gasteiger partial charge is 0.160 e. The van der Waals surface area contributed by atoms with Gasteiger partial charge in [-0.3, -0.25) is 0 Å². The first-order valence-electron chi connectivity index (χ1n) is 5.29. The lowest BCUT2D eigenvalue weighted by atomic mass is 10.0. The van der Waals surface area contributed by atoms with Crippen LogP contribution in [0.5, 0.6) is 0 Å². The van der Waals surface area contributed by atoms with E-state index in [4.69, 9.17) is 5.41 Å². The van der Waals surface area contributed by atoms with E-state index in [1.54, 1.807) is 13.1 Å². The van der Waals surface area contributed by atoms with Crippen molar-refractivity contribution in [3.63, 3.8) is 0 Å². The minimum Gasteiger partial charge on any atom is -0.345 e. The number of aromatic amines is 1. The molecule has 0 spiro atoms. The standard InChI is InChI=1S/C12H14N4/c1-3-4-9(8(2)13)11-7-15-16-12-10(11)5-6-14-12/h4-7,13H,3H2,1-2H3,(H,14,16)/b9-4+,13-8?. The second-order valence-corrected chi connectivity index (χ2v) is 3.65. The van der Waals surface area contributed by atoms with Gasteiger partial charge in [-0.1, -0.05) is 13.0 Å². The molecule has 82 valence electrons. The van der Waals surface area contributed by atoms with Gasteiger partial charge in [0.05, 0.1) is 6.20 Å². The molecule has 2 rings (SSSR count). The molecule has 2 aromatic heterocycles. The summed E-state index contributed by atoms with van der Waals surface area (Å²) in [5.41, 5.74) is 3.22. The zero-order valence-electron chi connectivity index (χ0n) is 9.41. The van der Waals surface area contributed by atoms with Gasteiger partial charge < -0.3 is 10.4 Å². The van der Waals surface area contributed by atoms with E-state index in [0.717, 1.165) is 28.6 Å². The SMILES string of the molecule is CC/C=C(\C(C)=N)c1cnnc2[nH]ccc12. The Balaban J connectivity index is 2.65. The first-order chi connectivity index (χ1) is 7.74. The number of nitrogens with zero attached hydrogens (tertiary/aromatic N) is 2. The van der Waals surface area contributed by atoms with Gasteiger partial charge in [0, 0.05) is 28.4 Å². The highest BCUT2D eigenvalue weighted by molar-refractivity contribution is 6.23. The number of hydrogen-bond donors (Lipinski definition) is 2. The Kier molecular flexibility index (Phi) is 2.81. The summed E-state index contributed by atoms with van der Waals surface area (Å²) >= 11 is 0. The van der Waals surface area contributed by atoms with Gasteiger partial charge in [0.15, 0.2) is 5.65 Å². The third-order valence-electron chi connectivity index (χ3n) is 2.46. The average molecular weight is 214 g/mol. The van der Waals surface area contributed by atoms with Crippen LogP contribution < -0.4 is 0 Å². The largest absolute Gasteiger partial charge is 0.345 e. The number of aromatic nitrogens is 3. The van der Waals surface area contributed by atoms with Crippen molar-refractivity contribution in [2.75, 3.05) is 0 Å². The monoisotopic (exact) mass is 214 g/mol. The lowest BCUT2D eigenvalue weighted by Crippen LogP contribution is -1.97. The van der Waals surface area contributed by atoms with Crippen molar-refractivity contribution in [1.29, 1.82) is 5.41 Å². The van der Waals surface area contributed by atoms with Gasteiger partial charge in [0.1, 0.15) is 0 Å². The summed E-state index contributed by atoms with van der Waals surface area (Å²) in [5, 5.41) is 16.8. The molecule has 0 aliphatic carbocycles. The molecule has 0 unspecified atom stereocenters. The fourth-order valence-corrected chi connectivity index (χ4v) is 1.76. The van der Waals surface area contributed by atoms with Crippen molar-refractivity contribution in [2.45, 2.75) is 20.3 Å². The summed E-state index contributed by atoms with van der Waals surface area (Å²) in [5.74, 6) is 0. The van der Waals surface area contributed by atoms with Crippen LogP contribution in [-0.2, 0) is 0 Å². The van der Waals surface area contributed by atoms with Crippen LogP contribution in [0, 0.1) is 5.41 Å². The molecule has 0 radical (unpaired) electrons. The predicted octanol–water partition coefficient (Wildman–Crippen LogP) is 2.79. The Morgan fingerprint density at radius 3 is 3.06 bits per heavy atom. The minimum absolute atomic E-state index is 0.553. The molecule has 2 aromatic rings. The Morgan fingerprint density at radius 2 is 2.38 bits per heavy atom. The van der Waals surface area contributed by atoms with Crippen LogP contribution in [0.4, 0.5) is 0 Å². The second-order valence-electron chi connectivity index (χ2n) is 3.65. The molecular weight excluding hydrogens is 200 g/mol. The highest BCUT2D eigenvalue weighted by atomic mass is 15.1. The first-order valence-corrected chi connectivity index (χ1v) is 5.29. The van der Waals surface area contributed by atoms with E-state index in [-0.39, 0.29) is 0 Å².